The van der Waals surface area contributed by atoms with E-state index in [4.69, 9.17) is 15.6 Å². The molecule has 1 aromatic rings. The standard InChI is InChI=1S/C8H11NO3/c1-2-12-7-4-5(9)3-6(10)8(7)11/h3-4,10-11H,2,9H2,1H3. The van der Waals surface area contributed by atoms with Crippen molar-refractivity contribution in [2.24, 2.45) is 0 Å². The van der Waals surface area contributed by atoms with Crippen LogP contribution in [0.4, 0.5) is 5.69 Å². The van der Waals surface area contributed by atoms with Gasteiger partial charge >= 0.3 is 0 Å². The summed E-state index contributed by atoms with van der Waals surface area (Å²) in [5.41, 5.74) is 5.76. The Morgan fingerprint density at radius 3 is 2.67 bits per heavy atom. The smallest absolute Gasteiger partial charge is 0.200 e. The summed E-state index contributed by atoms with van der Waals surface area (Å²) >= 11 is 0. The third kappa shape index (κ3) is 1.53. The van der Waals surface area contributed by atoms with Crippen molar-refractivity contribution in [2.75, 3.05) is 12.3 Å². The Morgan fingerprint density at radius 1 is 1.42 bits per heavy atom. The fourth-order valence-corrected chi connectivity index (χ4v) is 0.879. The van der Waals surface area contributed by atoms with Gasteiger partial charge in [-0.15, -0.1) is 0 Å². The van der Waals surface area contributed by atoms with Crippen LogP contribution in [0.5, 0.6) is 17.2 Å². The van der Waals surface area contributed by atoms with Gasteiger partial charge in [-0.05, 0) is 6.92 Å². The number of phenols is 2. The van der Waals surface area contributed by atoms with Crippen molar-refractivity contribution in [1.29, 1.82) is 0 Å². The predicted octanol–water partition coefficient (Wildman–Crippen LogP) is 1.08. The largest absolute Gasteiger partial charge is 0.504 e. The molecule has 0 atom stereocenters. The second-order valence-electron chi connectivity index (χ2n) is 2.32. The number of nitrogens with two attached hydrogens (primary N) is 1. The van der Waals surface area contributed by atoms with E-state index in [1.54, 1.807) is 6.92 Å². The summed E-state index contributed by atoms with van der Waals surface area (Å²) in [6, 6.07) is 2.72. The Labute approximate surface area is 70.2 Å². The van der Waals surface area contributed by atoms with Crippen LogP contribution in [0.25, 0.3) is 0 Å². The highest BCUT2D eigenvalue weighted by atomic mass is 16.5. The molecular weight excluding hydrogens is 158 g/mol. The Balaban J connectivity index is 3.09. The predicted molar refractivity (Wildman–Crippen MR) is 45.4 cm³/mol. The quantitative estimate of drug-likeness (QED) is 0.352. The summed E-state index contributed by atoms with van der Waals surface area (Å²) in [4.78, 5) is 0. The van der Waals surface area contributed by atoms with Gasteiger partial charge in [0.2, 0.25) is 5.75 Å². The molecule has 4 N–H and O–H groups in total. The number of aromatic hydroxyl groups is 2. The van der Waals surface area contributed by atoms with E-state index in [-0.39, 0.29) is 17.2 Å². The first-order chi connectivity index (χ1) is 5.65. The highest BCUT2D eigenvalue weighted by Crippen LogP contribution is 2.37. The number of anilines is 1. The van der Waals surface area contributed by atoms with Crippen molar-refractivity contribution in [1.82, 2.24) is 0 Å². The fraction of sp³-hybridized carbons (Fsp3) is 0.250. The van der Waals surface area contributed by atoms with Crippen LogP contribution < -0.4 is 10.5 Å². The number of phenolic OH excluding ortho intramolecular Hbond substituents is 2. The maximum Gasteiger partial charge on any atom is 0.200 e. The average molecular weight is 169 g/mol. The lowest BCUT2D eigenvalue weighted by atomic mass is 10.2. The zero-order valence-electron chi connectivity index (χ0n) is 6.74. The third-order valence-electron chi connectivity index (χ3n) is 1.38. The molecule has 0 aliphatic carbocycles. The number of hydrogen-bond donors (Lipinski definition) is 3. The normalized spacial score (nSPS) is 9.75. The Bertz CT molecular complexity index is 286. The van der Waals surface area contributed by atoms with Crippen molar-refractivity contribution >= 4 is 5.69 Å². The van der Waals surface area contributed by atoms with Crippen LogP contribution in [0.3, 0.4) is 0 Å². The SMILES string of the molecule is CCOc1cc(N)cc(O)c1O. The molecule has 0 saturated heterocycles. The molecule has 0 unspecified atom stereocenters. The first kappa shape index (κ1) is 8.52. The molecular formula is C8H11NO3. The van der Waals surface area contributed by atoms with E-state index in [1.165, 1.54) is 12.1 Å². The minimum absolute atomic E-state index is 0.204. The fourth-order valence-electron chi connectivity index (χ4n) is 0.879. The number of ether oxygens (including phenoxy) is 1. The van der Waals surface area contributed by atoms with Crippen LogP contribution in [0.15, 0.2) is 12.1 Å². The van der Waals surface area contributed by atoms with Gasteiger partial charge in [-0.3, -0.25) is 0 Å². The van der Waals surface area contributed by atoms with E-state index in [0.717, 1.165) is 0 Å². The first-order valence-electron chi connectivity index (χ1n) is 3.59. The lowest BCUT2D eigenvalue weighted by molar-refractivity contribution is 0.309. The highest BCUT2D eigenvalue weighted by Gasteiger charge is 2.07. The van der Waals surface area contributed by atoms with Gasteiger partial charge in [-0.25, -0.2) is 0 Å². The molecule has 0 radical (unpaired) electrons. The zero-order chi connectivity index (χ0) is 9.14. The van der Waals surface area contributed by atoms with Crippen molar-refractivity contribution < 1.29 is 14.9 Å². The maximum absolute atomic E-state index is 9.22. The van der Waals surface area contributed by atoms with Gasteiger partial charge in [-0.2, -0.15) is 0 Å². The molecule has 12 heavy (non-hydrogen) atoms. The summed E-state index contributed by atoms with van der Waals surface area (Å²) in [5, 5.41) is 18.3. The van der Waals surface area contributed by atoms with Gasteiger partial charge in [0, 0.05) is 17.8 Å². The van der Waals surface area contributed by atoms with Crippen LogP contribution in [-0.4, -0.2) is 16.8 Å². The zero-order valence-corrected chi connectivity index (χ0v) is 6.74. The van der Waals surface area contributed by atoms with Crippen LogP contribution >= 0.6 is 0 Å². The Morgan fingerprint density at radius 2 is 2.08 bits per heavy atom. The summed E-state index contributed by atoms with van der Waals surface area (Å²) in [6.07, 6.45) is 0. The van der Waals surface area contributed by atoms with Crippen molar-refractivity contribution in [3.8, 4) is 17.2 Å². The Hall–Kier alpha value is -1.58. The van der Waals surface area contributed by atoms with Gasteiger partial charge in [0.05, 0.1) is 6.61 Å². The molecule has 1 aromatic carbocycles. The third-order valence-corrected chi connectivity index (χ3v) is 1.38. The van der Waals surface area contributed by atoms with Crippen LogP contribution in [0.2, 0.25) is 0 Å². The minimum atomic E-state index is -0.272. The van der Waals surface area contributed by atoms with E-state index in [9.17, 15) is 5.11 Å². The molecule has 0 heterocycles. The van der Waals surface area contributed by atoms with Crippen LogP contribution in [0, 0.1) is 0 Å². The van der Waals surface area contributed by atoms with E-state index in [0.29, 0.717) is 12.3 Å². The Kier molecular flexibility index (Phi) is 2.28. The monoisotopic (exact) mass is 169 g/mol. The minimum Gasteiger partial charge on any atom is -0.504 e. The van der Waals surface area contributed by atoms with Gasteiger partial charge in [0.15, 0.2) is 11.5 Å². The summed E-state index contributed by atoms with van der Waals surface area (Å²) in [5.74, 6) is -0.334. The molecule has 0 spiro atoms. The molecule has 0 saturated carbocycles. The molecule has 0 amide bonds. The van der Waals surface area contributed by atoms with Crippen LogP contribution in [-0.2, 0) is 0 Å². The summed E-state index contributed by atoms with van der Waals surface area (Å²) < 4.78 is 5.01. The lowest BCUT2D eigenvalue weighted by Gasteiger charge is -2.07. The van der Waals surface area contributed by atoms with Gasteiger partial charge < -0.3 is 20.7 Å². The average Bonchev–Trinajstić information content (AvgIpc) is 2.00. The second-order valence-corrected chi connectivity index (χ2v) is 2.32. The molecule has 1 rings (SSSR count). The summed E-state index contributed by atoms with van der Waals surface area (Å²) in [6.45, 7) is 2.19. The van der Waals surface area contributed by atoms with Crippen molar-refractivity contribution in [2.45, 2.75) is 6.92 Å². The first-order valence-corrected chi connectivity index (χ1v) is 3.59. The molecule has 0 fully saturated rings. The molecule has 0 aliphatic heterocycles. The molecule has 4 nitrogen and oxygen atoms in total. The van der Waals surface area contributed by atoms with E-state index >= 15 is 0 Å². The van der Waals surface area contributed by atoms with E-state index in [1.807, 2.05) is 0 Å². The highest BCUT2D eigenvalue weighted by molar-refractivity contribution is 5.59. The van der Waals surface area contributed by atoms with Crippen molar-refractivity contribution in [3.05, 3.63) is 12.1 Å². The number of rotatable bonds is 2. The lowest BCUT2D eigenvalue weighted by Crippen LogP contribution is -1.93. The molecule has 66 valence electrons. The second kappa shape index (κ2) is 3.21. The topological polar surface area (TPSA) is 75.7 Å². The van der Waals surface area contributed by atoms with Gasteiger partial charge in [-0.1, -0.05) is 0 Å². The number of nitrogen functional groups attached to an aromatic ring is 1. The molecule has 0 aliphatic rings. The number of hydrogen-bond acceptors (Lipinski definition) is 4. The van der Waals surface area contributed by atoms with Gasteiger partial charge in [0.1, 0.15) is 0 Å². The molecule has 0 aromatic heterocycles. The maximum atomic E-state index is 9.22. The summed E-state index contributed by atoms with van der Waals surface area (Å²) in [7, 11) is 0. The number of benzene rings is 1. The van der Waals surface area contributed by atoms with E-state index in [2.05, 4.69) is 0 Å². The molecule has 4 heteroatoms. The van der Waals surface area contributed by atoms with E-state index < -0.39 is 0 Å². The van der Waals surface area contributed by atoms with Gasteiger partial charge in [0.25, 0.3) is 0 Å². The van der Waals surface area contributed by atoms with Crippen molar-refractivity contribution in [3.63, 3.8) is 0 Å². The molecule has 0 bridgehead atoms. The van der Waals surface area contributed by atoms with Crippen LogP contribution in [0.1, 0.15) is 6.92 Å².